The summed E-state index contributed by atoms with van der Waals surface area (Å²) in [6, 6.07) is 1.97. The Morgan fingerprint density at radius 2 is 1.89 bits per heavy atom. The lowest BCUT2D eigenvalue weighted by molar-refractivity contribution is -0.143. The molecular formula is C37H54N2O5. The number of carbonyl (C=O) groups is 2. The van der Waals surface area contributed by atoms with Crippen molar-refractivity contribution in [2.75, 3.05) is 19.6 Å². The molecule has 1 N–H and O–H groups in total. The summed E-state index contributed by atoms with van der Waals surface area (Å²) in [4.78, 5) is 31.2. The molecule has 4 aliphatic carbocycles. The predicted octanol–water partition coefficient (Wildman–Crippen LogP) is 6.90. The number of carbonyl (C=O) groups excluding carboxylic acids is 2. The molecule has 2 aliphatic heterocycles. The molecule has 3 saturated carbocycles. The first-order valence-corrected chi connectivity index (χ1v) is 18.2. The van der Waals surface area contributed by atoms with Gasteiger partial charge in [-0.05, 0) is 75.7 Å². The molecule has 5 atom stereocenters. The standard InChI is InChI=1S/C37H54N2O5/c1-3-4-19-39(33(42)13-9-8-12-25-10-6-5-7-11-25)29-17-16-28-30-21-27-31(41)22-32(43-24(2)40)35-34(27)37(28,36(29)44-35)18-20-38(30)23-26-14-15-26/h22,25-26,28-30,36,41H,3-21,23H2,1-2H3/t28-,29+,30+,36-,37-/m0/s1. The Hall–Kier alpha value is -2.28. The first kappa shape index (κ1) is 30.4. The Morgan fingerprint density at radius 1 is 1.07 bits per heavy atom. The van der Waals surface area contributed by atoms with Crippen LogP contribution in [0.3, 0.4) is 0 Å². The molecular weight excluding hydrogens is 552 g/mol. The maximum atomic E-state index is 14.1. The number of hydrogen-bond acceptors (Lipinski definition) is 6. The van der Waals surface area contributed by atoms with Crippen LogP contribution < -0.4 is 9.47 Å². The van der Waals surface area contributed by atoms with Crippen LogP contribution in [0, 0.1) is 17.8 Å². The fraction of sp³-hybridized carbons (Fsp3) is 0.784. The zero-order valence-electron chi connectivity index (χ0n) is 27.2. The van der Waals surface area contributed by atoms with Crippen molar-refractivity contribution in [2.24, 2.45) is 17.8 Å². The van der Waals surface area contributed by atoms with E-state index in [1.54, 1.807) is 6.07 Å². The second-order valence-corrected chi connectivity index (χ2v) is 15.2. The molecule has 1 saturated heterocycles. The molecule has 44 heavy (non-hydrogen) atoms. The molecule has 242 valence electrons. The first-order valence-electron chi connectivity index (χ1n) is 18.2. The van der Waals surface area contributed by atoms with Gasteiger partial charge in [0, 0.05) is 55.1 Å². The third-order valence-electron chi connectivity index (χ3n) is 12.4. The van der Waals surface area contributed by atoms with Crippen LogP contribution in [0.2, 0.25) is 0 Å². The van der Waals surface area contributed by atoms with Gasteiger partial charge in [-0.15, -0.1) is 0 Å². The van der Waals surface area contributed by atoms with Crippen molar-refractivity contribution in [3.63, 3.8) is 0 Å². The maximum Gasteiger partial charge on any atom is 0.308 e. The molecule has 1 spiro atoms. The average molecular weight is 607 g/mol. The maximum absolute atomic E-state index is 14.1. The van der Waals surface area contributed by atoms with Crippen LogP contribution in [0.5, 0.6) is 17.2 Å². The van der Waals surface area contributed by atoms with E-state index >= 15 is 0 Å². The largest absolute Gasteiger partial charge is 0.508 e. The van der Waals surface area contributed by atoms with Gasteiger partial charge in [0.15, 0.2) is 11.5 Å². The summed E-state index contributed by atoms with van der Waals surface area (Å²) in [5, 5.41) is 11.4. The molecule has 0 radical (unpaired) electrons. The van der Waals surface area contributed by atoms with E-state index in [1.165, 1.54) is 58.3 Å². The molecule has 0 aromatic heterocycles. The van der Waals surface area contributed by atoms with Crippen molar-refractivity contribution in [3.8, 4) is 17.2 Å². The summed E-state index contributed by atoms with van der Waals surface area (Å²) in [5.74, 6) is 3.16. The number of unbranched alkanes of at least 4 members (excludes halogenated alkanes) is 2. The summed E-state index contributed by atoms with van der Waals surface area (Å²) in [6.45, 7) is 6.55. The molecule has 6 aliphatic rings. The van der Waals surface area contributed by atoms with Gasteiger partial charge < -0.3 is 19.5 Å². The zero-order chi connectivity index (χ0) is 30.4. The van der Waals surface area contributed by atoms with E-state index in [4.69, 9.17) is 9.47 Å². The minimum absolute atomic E-state index is 0.00931. The smallest absolute Gasteiger partial charge is 0.308 e. The molecule has 2 heterocycles. The van der Waals surface area contributed by atoms with Gasteiger partial charge in [0.05, 0.1) is 6.04 Å². The third kappa shape index (κ3) is 5.43. The number of amides is 1. The highest BCUT2D eigenvalue weighted by Crippen LogP contribution is 2.66. The quantitative estimate of drug-likeness (QED) is 0.158. The van der Waals surface area contributed by atoms with Gasteiger partial charge in [-0.25, -0.2) is 0 Å². The number of phenols is 1. The summed E-state index contributed by atoms with van der Waals surface area (Å²) < 4.78 is 12.7. The van der Waals surface area contributed by atoms with Crippen LogP contribution in [0.1, 0.15) is 128 Å². The number of phenolic OH excluding ortho intramolecular Hbond substituents is 1. The van der Waals surface area contributed by atoms with Gasteiger partial charge >= 0.3 is 5.97 Å². The fourth-order valence-corrected chi connectivity index (χ4v) is 10.2. The van der Waals surface area contributed by atoms with Crippen molar-refractivity contribution >= 4 is 11.9 Å². The van der Waals surface area contributed by atoms with E-state index in [-0.39, 0.29) is 29.2 Å². The zero-order valence-corrected chi connectivity index (χ0v) is 27.2. The molecule has 1 amide bonds. The lowest BCUT2D eigenvalue weighted by atomic mass is 9.50. The van der Waals surface area contributed by atoms with E-state index in [0.717, 1.165) is 94.0 Å². The highest BCUT2D eigenvalue weighted by atomic mass is 16.6. The number of rotatable bonds is 12. The third-order valence-corrected chi connectivity index (χ3v) is 12.4. The Morgan fingerprint density at radius 3 is 2.64 bits per heavy atom. The van der Waals surface area contributed by atoms with Crippen LogP contribution in [-0.4, -0.2) is 64.6 Å². The number of ether oxygens (including phenoxy) is 2. The lowest BCUT2D eigenvalue weighted by Gasteiger charge is -2.60. The molecule has 7 nitrogen and oxygen atoms in total. The topological polar surface area (TPSA) is 79.3 Å². The number of hydrogen-bond donors (Lipinski definition) is 1. The van der Waals surface area contributed by atoms with E-state index < -0.39 is 5.97 Å². The predicted molar refractivity (Wildman–Crippen MR) is 170 cm³/mol. The number of piperidine rings is 1. The minimum Gasteiger partial charge on any atom is -0.508 e. The summed E-state index contributed by atoms with van der Waals surface area (Å²) in [5.41, 5.74) is 1.80. The molecule has 1 aromatic carbocycles. The Labute approximate surface area is 264 Å². The van der Waals surface area contributed by atoms with Gasteiger partial charge in [-0.3, -0.25) is 14.5 Å². The van der Waals surface area contributed by atoms with Crippen molar-refractivity contribution < 1.29 is 24.2 Å². The van der Waals surface area contributed by atoms with Crippen molar-refractivity contribution in [1.29, 1.82) is 0 Å². The second kappa shape index (κ2) is 12.5. The van der Waals surface area contributed by atoms with E-state index in [1.807, 2.05) is 0 Å². The SMILES string of the molecule is CCCCN(C(=O)CCCCC1CCCCC1)[C@@H]1CC[C@H]2[C@H]3Cc4c(O)cc(OC(C)=O)c5c4[C@@]2(CCN3CC2CC2)[C@H]1O5. The fourth-order valence-electron chi connectivity index (χ4n) is 10.2. The molecule has 4 fully saturated rings. The monoisotopic (exact) mass is 606 g/mol. The molecule has 7 heteroatoms. The van der Waals surface area contributed by atoms with E-state index in [2.05, 4.69) is 16.7 Å². The van der Waals surface area contributed by atoms with E-state index in [9.17, 15) is 14.7 Å². The van der Waals surface area contributed by atoms with Crippen LogP contribution in [-0.2, 0) is 21.4 Å². The summed E-state index contributed by atoms with van der Waals surface area (Å²) >= 11 is 0. The molecule has 7 rings (SSSR count). The lowest BCUT2D eigenvalue weighted by Crippen LogP contribution is -2.69. The number of benzene rings is 1. The van der Waals surface area contributed by atoms with Crippen LogP contribution in [0.4, 0.5) is 0 Å². The Bertz CT molecular complexity index is 1240. The first-order chi connectivity index (χ1) is 21.4. The number of esters is 1. The normalized spacial score (nSPS) is 30.9. The summed E-state index contributed by atoms with van der Waals surface area (Å²) in [7, 11) is 0. The van der Waals surface area contributed by atoms with Gasteiger partial charge in [0.1, 0.15) is 11.9 Å². The number of aromatic hydroxyl groups is 1. The van der Waals surface area contributed by atoms with Gasteiger partial charge in [0.2, 0.25) is 5.91 Å². The van der Waals surface area contributed by atoms with Crippen molar-refractivity contribution in [1.82, 2.24) is 9.80 Å². The number of likely N-dealkylation sites (tertiary alicyclic amines) is 1. The Kier molecular flexibility index (Phi) is 8.62. The minimum atomic E-state index is -0.411. The van der Waals surface area contributed by atoms with Gasteiger partial charge in [-0.2, -0.15) is 0 Å². The second-order valence-electron chi connectivity index (χ2n) is 15.2. The summed E-state index contributed by atoms with van der Waals surface area (Å²) in [6.07, 6.45) is 19.2. The van der Waals surface area contributed by atoms with Crippen LogP contribution >= 0.6 is 0 Å². The van der Waals surface area contributed by atoms with Gasteiger partial charge in [0.25, 0.3) is 0 Å². The number of nitrogens with zero attached hydrogens (tertiary/aromatic N) is 2. The average Bonchev–Trinajstić information content (AvgIpc) is 3.77. The highest BCUT2D eigenvalue weighted by molar-refractivity contribution is 5.77. The molecule has 1 aromatic rings. The highest BCUT2D eigenvalue weighted by Gasteiger charge is 2.67. The van der Waals surface area contributed by atoms with Gasteiger partial charge in [-0.1, -0.05) is 58.3 Å². The van der Waals surface area contributed by atoms with Crippen LogP contribution in [0.15, 0.2) is 6.07 Å². The Balaban J connectivity index is 1.18. The van der Waals surface area contributed by atoms with Crippen molar-refractivity contribution in [3.05, 3.63) is 17.2 Å². The van der Waals surface area contributed by atoms with E-state index in [0.29, 0.717) is 29.9 Å². The van der Waals surface area contributed by atoms with Crippen LogP contribution in [0.25, 0.3) is 0 Å². The van der Waals surface area contributed by atoms with Crippen molar-refractivity contribution in [2.45, 2.75) is 147 Å². The molecule has 2 bridgehead atoms. The molecule has 0 unspecified atom stereocenters.